The third kappa shape index (κ3) is 2.25. The van der Waals surface area contributed by atoms with Crippen molar-refractivity contribution in [2.24, 2.45) is 11.3 Å². The number of aliphatic carboxylic acids is 1. The summed E-state index contributed by atoms with van der Waals surface area (Å²) in [6, 6.07) is 0. The van der Waals surface area contributed by atoms with Crippen molar-refractivity contribution >= 4 is 11.9 Å². The molecular formula is C12H17F3N2O3. The molecule has 1 heterocycles. The first-order chi connectivity index (χ1) is 9.13. The first-order valence-corrected chi connectivity index (χ1v) is 6.47. The molecule has 1 aliphatic heterocycles. The lowest BCUT2D eigenvalue weighted by molar-refractivity contribution is -0.217. The molecule has 2 unspecified atom stereocenters. The lowest BCUT2D eigenvalue weighted by Crippen LogP contribution is -2.61. The molecule has 0 aromatic rings. The highest BCUT2D eigenvalue weighted by Crippen LogP contribution is 2.45. The number of amides is 1. The van der Waals surface area contributed by atoms with E-state index in [4.69, 9.17) is 0 Å². The number of carboxylic acids is 1. The maximum absolute atomic E-state index is 13.2. The van der Waals surface area contributed by atoms with E-state index < -0.39 is 35.6 Å². The molecule has 2 aliphatic rings. The van der Waals surface area contributed by atoms with Gasteiger partial charge in [0.05, 0.1) is 0 Å². The summed E-state index contributed by atoms with van der Waals surface area (Å²) < 4.78 is 39.6. The molecule has 3 N–H and O–H groups in total. The monoisotopic (exact) mass is 294 g/mol. The van der Waals surface area contributed by atoms with Gasteiger partial charge >= 0.3 is 12.1 Å². The fraction of sp³-hybridized carbons (Fsp3) is 0.833. The smallest absolute Gasteiger partial charge is 0.404 e. The number of hydrogen-bond acceptors (Lipinski definition) is 3. The molecule has 5 nitrogen and oxygen atoms in total. The molecule has 1 amide bonds. The van der Waals surface area contributed by atoms with Crippen LogP contribution in [0.5, 0.6) is 0 Å². The average Bonchev–Trinajstić information content (AvgIpc) is 3.04. The lowest BCUT2D eigenvalue weighted by atomic mass is 9.83. The number of rotatable bonds is 4. The average molecular weight is 294 g/mol. The van der Waals surface area contributed by atoms with Gasteiger partial charge in [0.2, 0.25) is 5.91 Å². The van der Waals surface area contributed by atoms with Crippen LogP contribution in [0.4, 0.5) is 13.2 Å². The van der Waals surface area contributed by atoms with Crippen LogP contribution >= 0.6 is 0 Å². The van der Waals surface area contributed by atoms with Gasteiger partial charge in [-0.2, -0.15) is 13.2 Å². The number of alkyl halides is 3. The van der Waals surface area contributed by atoms with E-state index in [1.165, 1.54) is 6.92 Å². The van der Waals surface area contributed by atoms with Gasteiger partial charge in [0.25, 0.3) is 0 Å². The molecule has 2 fully saturated rings. The van der Waals surface area contributed by atoms with Crippen LogP contribution in [0.15, 0.2) is 0 Å². The van der Waals surface area contributed by atoms with Crippen molar-refractivity contribution in [1.82, 2.24) is 10.6 Å². The Bertz CT molecular complexity index is 428. The number of carbonyl (C=O) groups is 2. The molecule has 0 aromatic heterocycles. The number of hydrogen-bond donors (Lipinski definition) is 3. The molecule has 20 heavy (non-hydrogen) atoms. The summed E-state index contributed by atoms with van der Waals surface area (Å²) in [4.78, 5) is 23.4. The quantitative estimate of drug-likeness (QED) is 0.720. The number of carbonyl (C=O) groups excluding carboxylic acids is 1. The first-order valence-electron chi connectivity index (χ1n) is 6.47. The van der Waals surface area contributed by atoms with Gasteiger partial charge in [0.15, 0.2) is 5.41 Å². The molecule has 0 radical (unpaired) electrons. The minimum Gasteiger partial charge on any atom is -0.480 e. The summed E-state index contributed by atoms with van der Waals surface area (Å²) in [7, 11) is 0. The normalized spacial score (nSPS) is 29.8. The Morgan fingerprint density at radius 1 is 1.35 bits per heavy atom. The van der Waals surface area contributed by atoms with E-state index in [1.807, 2.05) is 0 Å². The molecule has 1 saturated carbocycles. The van der Waals surface area contributed by atoms with Crippen LogP contribution in [0.2, 0.25) is 0 Å². The van der Waals surface area contributed by atoms with Crippen molar-refractivity contribution in [3.63, 3.8) is 0 Å². The highest BCUT2D eigenvalue weighted by molar-refractivity contribution is 5.91. The van der Waals surface area contributed by atoms with Gasteiger partial charge in [-0.3, -0.25) is 4.79 Å². The molecule has 8 heteroatoms. The second kappa shape index (κ2) is 4.61. The van der Waals surface area contributed by atoms with Gasteiger partial charge in [-0.1, -0.05) is 0 Å². The first kappa shape index (κ1) is 15.1. The minimum absolute atomic E-state index is 0.0835. The van der Waals surface area contributed by atoms with Crippen LogP contribution < -0.4 is 10.6 Å². The van der Waals surface area contributed by atoms with Crippen molar-refractivity contribution in [3.05, 3.63) is 0 Å². The van der Waals surface area contributed by atoms with Crippen LogP contribution in [-0.2, 0) is 9.59 Å². The van der Waals surface area contributed by atoms with Gasteiger partial charge in [-0.05, 0) is 38.6 Å². The third-order valence-electron chi connectivity index (χ3n) is 4.34. The lowest BCUT2D eigenvalue weighted by Gasteiger charge is -2.34. The summed E-state index contributed by atoms with van der Waals surface area (Å²) in [6.45, 7) is 0.847. The van der Waals surface area contributed by atoms with Gasteiger partial charge < -0.3 is 15.7 Å². The summed E-state index contributed by atoms with van der Waals surface area (Å²) in [6.07, 6.45) is -3.88. The van der Waals surface area contributed by atoms with Crippen molar-refractivity contribution in [3.8, 4) is 0 Å². The Hall–Kier alpha value is -1.31. The zero-order valence-electron chi connectivity index (χ0n) is 11.0. The van der Waals surface area contributed by atoms with Gasteiger partial charge in [-0.15, -0.1) is 0 Å². The topological polar surface area (TPSA) is 78.4 Å². The molecule has 1 aliphatic carbocycles. The van der Waals surface area contributed by atoms with Crippen molar-refractivity contribution in [2.45, 2.75) is 37.9 Å². The maximum atomic E-state index is 13.2. The van der Waals surface area contributed by atoms with Crippen molar-refractivity contribution in [1.29, 1.82) is 0 Å². The van der Waals surface area contributed by atoms with Crippen LogP contribution in [0.25, 0.3) is 0 Å². The maximum Gasteiger partial charge on any atom is 0.404 e. The van der Waals surface area contributed by atoms with Crippen LogP contribution in [0, 0.1) is 11.3 Å². The van der Waals surface area contributed by atoms with Crippen LogP contribution in [0.1, 0.15) is 26.2 Å². The van der Waals surface area contributed by atoms with E-state index in [-0.39, 0.29) is 18.9 Å². The second-order valence-corrected chi connectivity index (χ2v) is 5.74. The molecule has 0 aromatic carbocycles. The zero-order chi connectivity index (χ0) is 15.2. The predicted molar refractivity (Wildman–Crippen MR) is 62.9 cm³/mol. The van der Waals surface area contributed by atoms with Gasteiger partial charge in [0.1, 0.15) is 5.54 Å². The van der Waals surface area contributed by atoms with Crippen molar-refractivity contribution < 1.29 is 27.9 Å². The number of carboxylic acid groups (broad SMARTS) is 1. The summed E-state index contributed by atoms with van der Waals surface area (Å²) in [5, 5.41) is 13.9. The zero-order valence-corrected chi connectivity index (χ0v) is 11.0. The highest BCUT2D eigenvalue weighted by Gasteiger charge is 2.63. The standard InChI is InChI=1S/C12H17F3N2O3/c1-10(9(19)20,7-2-3-7)17-8(18)11(12(13,14)15)4-5-16-6-11/h7,16H,2-6H2,1H3,(H,17,18)(H,19,20). The van der Waals surface area contributed by atoms with E-state index >= 15 is 0 Å². The Balaban J connectivity index is 2.23. The Morgan fingerprint density at radius 3 is 2.30 bits per heavy atom. The van der Waals surface area contributed by atoms with E-state index in [1.54, 1.807) is 0 Å². The minimum atomic E-state index is -4.70. The van der Waals surface area contributed by atoms with Crippen LogP contribution in [-0.4, -0.2) is 41.8 Å². The molecule has 2 rings (SSSR count). The predicted octanol–water partition coefficient (Wildman–Crippen LogP) is 0.898. The fourth-order valence-electron chi connectivity index (χ4n) is 2.60. The van der Waals surface area contributed by atoms with Gasteiger partial charge in [-0.25, -0.2) is 4.79 Å². The SMILES string of the molecule is CC(NC(=O)C1(C(F)(F)F)CCNC1)(C(=O)O)C1CC1. The Labute approximate surface area is 113 Å². The van der Waals surface area contributed by atoms with E-state index in [9.17, 15) is 27.9 Å². The Kier molecular flexibility index (Phi) is 3.48. The molecule has 0 bridgehead atoms. The van der Waals surface area contributed by atoms with Crippen molar-refractivity contribution in [2.75, 3.05) is 13.1 Å². The summed E-state index contributed by atoms with van der Waals surface area (Å²) >= 11 is 0. The molecule has 0 spiro atoms. The molecule has 2 atom stereocenters. The van der Waals surface area contributed by atoms with E-state index in [0.717, 1.165) is 0 Å². The largest absolute Gasteiger partial charge is 0.480 e. The van der Waals surface area contributed by atoms with E-state index in [0.29, 0.717) is 12.8 Å². The number of nitrogens with one attached hydrogen (secondary N) is 2. The number of halogens is 3. The summed E-state index contributed by atoms with van der Waals surface area (Å²) in [5.74, 6) is -2.84. The highest BCUT2D eigenvalue weighted by atomic mass is 19.4. The molecule has 1 saturated heterocycles. The second-order valence-electron chi connectivity index (χ2n) is 5.74. The summed E-state index contributed by atoms with van der Waals surface area (Å²) in [5.41, 5.74) is -4.16. The Morgan fingerprint density at radius 2 is 1.95 bits per heavy atom. The van der Waals surface area contributed by atoms with E-state index in [2.05, 4.69) is 10.6 Å². The molecule has 114 valence electrons. The van der Waals surface area contributed by atoms with Crippen LogP contribution in [0.3, 0.4) is 0 Å². The third-order valence-corrected chi connectivity index (χ3v) is 4.34. The van der Waals surface area contributed by atoms with Gasteiger partial charge in [0, 0.05) is 6.54 Å². The fourth-order valence-corrected chi connectivity index (χ4v) is 2.60. The molecular weight excluding hydrogens is 277 g/mol.